The molecule has 2 aromatic carbocycles. The second-order valence-corrected chi connectivity index (χ2v) is 10.6. The van der Waals surface area contributed by atoms with Gasteiger partial charge < -0.3 is 19.1 Å². The first kappa shape index (κ1) is 24.7. The van der Waals surface area contributed by atoms with Crippen LogP contribution in [0.4, 0.5) is 0 Å². The van der Waals surface area contributed by atoms with Crippen molar-refractivity contribution < 1.29 is 27.4 Å². The molecule has 0 saturated carbocycles. The lowest BCUT2D eigenvalue weighted by atomic mass is 10.1. The van der Waals surface area contributed by atoms with Gasteiger partial charge >= 0.3 is 0 Å². The van der Waals surface area contributed by atoms with Crippen LogP contribution in [0.25, 0.3) is 0 Å². The number of ether oxygens (including phenoxy) is 3. The topological polar surface area (TPSA) is 85.4 Å². The van der Waals surface area contributed by atoms with Crippen LogP contribution >= 0.6 is 0 Å². The lowest BCUT2D eigenvalue weighted by Crippen LogP contribution is -2.41. The van der Waals surface area contributed by atoms with Crippen LogP contribution in [0.2, 0.25) is 0 Å². The van der Waals surface area contributed by atoms with E-state index in [1.807, 2.05) is 31.2 Å². The third-order valence-corrected chi connectivity index (χ3v) is 8.18. The van der Waals surface area contributed by atoms with Crippen molar-refractivity contribution in [3.05, 3.63) is 59.2 Å². The van der Waals surface area contributed by atoms with Crippen molar-refractivity contribution in [1.82, 2.24) is 9.21 Å². The van der Waals surface area contributed by atoms with E-state index in [2.05, 4.69) is 0 Å². The van der Waals surface area contributed by atoms with Gasteiger partial charge in [-0.1, -0.05) is 18.2 Å². The van der Waals surface area contributed by atoms with Gasteiger partial charge in [-0.05, 0) is 55.2 Å². The van der Waals surface area contributed by atoms with Gasteiger partial charge in [-0.2, -0.15) is 4.31 Å². The first-order valence-corrected chi connectivity index (χ1v) is 13.0. The summed E-state index contributed by atoms with van der Waals surface area (Å²) in [6.45, 7) is 4.68. The average Bonchev–Trinajstić information content (AvgIpc) is 3.37. The molecule has 4 rings (SSSR count). The van der Waals surface area contributed by atoms with E-state index in [4.69, 9.17) is 14.2 Å². The van der Waals surface area contributed by atoms with Crippen LogP contribution in [0.15, 0.2) is 47.4 Å². The van der Waals surface area contributed by atoms with Gasteiger partial charge in [0.05, 0.1) is 31.3 Å². The van der Waals surface area contributed by atoms with Crippen LogP contribution in [0.5, 0.6) is 5.75 Å². The number of methoxy groups -OCH3 is 1. The first-order chi connectivity index (χ1) is 16.4. The van der Waals surface area contributed by atoms with Crippen LogP contribution in [0.1, 0.15) is 34.3 Å². The van der Waals surface area contributed by atoms with Crippen molar-refractivity contribution in [2.24, 2.45) is 0 Å². The standard InChI is InChI=1S/C25H32N2O6S/c1-19-8-9-23(34(29,30)27-10-13-32-14-11-27)16-24(19)25(28)26(18-22-7-4-12-33-22)17-20-5-3-6-21(15-20)31-2/h3,5-6,8-9,15-16,22H,4,7,10-14,17-18H2,1-2H3. The normalized spacial score (nSPS) is 19.2. The molecular weight excluding hydrogens is 456 g/mol. The largest absolute Gasteiger partial charge is 0.497 e. The number of rotatable bonds is 8. The fourth-order valence-electron chi connectivity index (χ4n) is 4.34. The summed E-state index contributed by atoms with van der Waals surface area (Å²) in [5.41, 5.74) is 2.05. The fourth-order valence-corrected chi connectivity index (χ4v) is 5.78. The molecule has 2 fully saturated rings. The van der Waals surface area contributed by atoms with Crippen molar-refractivity contribution >= 4 is 15.9 Å². The van der Waals surface area contributed by atoms with Crippen molar-refractivity contribution in [3.63, 3.8) is 0 Å². The molecule has 1 unspecified atom stereocenters. The molecule has 184 valence electrons. The summed E-state index contributed by atoms with van der Waals surface area (Å²) < 4.78 is 44.2. The second-order valence-electron chi connectivity index (χ2n) is 8.67. The molecule has 8 nitrogen and oxygen atoms in total. The summed E-state index contributed by atoms with van der Waals surface area (Å²) in [6, 6.07) is 12.4. The zero-order chi connectivity index (χ0) is 24.1. The van der Waals surface area contributed by atoms with Crippen LogP contribution < -0.4 is 4.74 Å². The lowest BCUT2D eigenvalue weighted by Gasteiger charge is -2.28. The Hall–Kier alpha value is -2.46. The maximum atomic E-state index is 13.8. The molecule has 2 heterocycles. The van der Waals surface area contributed by atoms with Crippen LogP contribution in [0, 0.1) is 6.92 Å². The van der Waals surface area contributed by atoms with Gasteiger partial charge in [0.2, 0.25) is 10.0 Å². The predicted molar refractivity (Wildman–Crippen MR) is 127 cm³/mol. The maximum absolute atomic E-state index is 13.8. The molecule has 0 spiro atoms. The minimum Gasteiger partial charge on any atom is -0.497 e. The van der Waals surface area contributed by atoms with Crippen LogP contribution in [-0.2, 0) is 26.0 Å². The van der Waals surface area contributed by atoms with Gasteiger partial charge in [0, 0.05) is 38.3 Å². The van der Waals surface area contributed by atoms with E-state index in [0.717, 1.165) is 29.7 Å². The summed E-state index contributed by atoms with van der Waals surface area (Å²) in [4.78, 5) is 15.7. The Morgan fingerprint density at radius 3 is 2.65 bits per heavy atom. The summed E-state index contributed by atoms with van der Waals surface area (Å²) in [5.74, 6) is 0.506. The van der Waals surface area contributed by atoms with E-state index in [9.17, 15) is 13.2 Å². The Balaban J connectivity index is 1.63. The molecule has 2 aromatic rings. The number of amides is 1. The minimum absolute atomic E-state index is 0.0323. The molecule has 2 aliphatic rings. The fraction of sp³-hybridized carbons (Fsp3) is 0.480. The van der Waals surface area contributed by atoms with Gasteiger partial charge in [0.15, 0.2) is 0 Å². The van der Waals surface area contributed by atoms with Crippen molar-refractivity contribution in [2.45, 2.75) is 37.3 Å². The number of carbonyl (C=O) groups is 1. The number of hydrogen-bond acceptors (Lipinski definition) is 6. The number of hydrogen-bond donors (Lipinski definition) is 0. The highest BCUT2D eigenvalue weighted by Crippen LogP contribution is 2.24. The number of sulfonamides is 1. The van der Waals surface area contributed by atoms with E-state index in [0.29, 0.717) is 51.6 Å². The van der Waals surface area contributed by atoms with E-state index in [1.165, 1.54) is 10.4 Å². The zero-order valence-electron chi connectivity index (χ0n) is 19.7. The van der Waals surface area contributed by atoms with Gasteiger partial charge in [-0.25, -0.2) is 8.42 Å². The molecule has 2 aliphatic heterocycles. The Kier molecular flexibility index (Phi) is 7.88. The second kappa shape index (κ2) is 10.9. The van der Waals surface area contributed by atoms with Gasteiger partial charge in [-0.3, -0.25) is 4.79 Å². The van der Waals surface area contributed by atoms with Gasteiger partial charge in [-0.15, -0.1) is 0 Å². The third-order valence-electron chi connectivity index (χ3n) is 6.29. The molecule has 0 aliphatic carbocycles. The molecule has 0 N–H and O–H groups in total. The summed E-state index contributed by atoms with van der Waals surface area (Å²) >= 11 is 0. The average molecular weight is 489 g/mol. The van der Waals surface area contributed by atoms with Crippen molar-refractivity contribution in [1.29, 1.82) is 0 Å². The molecule has 1 atom stereocenters. The van der Waals surface area contributed by atoms with Crippen molar-refractivity contribution in [2.75, 3.05) is 46.6 Å². The third kappa shape index (κ3) is 5.60. The van der Waals surface area contributed by atoms with Crippen molar-refractivity contribution in [3.8, 4) is 5.75 Å². The summed E-state index contributed by atoms with van der Waals surface area (Å²) in [5, 5.41) is 0. The highest BCUT2D eigenvalue weighted by atomic mass is 32.2. The number of carbonyl (C=O) groups excluding carboxylic acids is 1. The highest BCUT2D eigenvalue weighted by Gasteiger charge is 2.29. The smallest absolute Gasteiger partial charge is 0.254 e. The molecule has 34 heavy (non-hydrogen) atoms. The summed E-state index contributed by atoms with van der Waals surface area (Å²) in [6.07, 6.45) is 1.83. The molecular formula is C25H32N2O6S. The first-order valence-electron chi connectivity index (χ1n) is 11.6. The lowest BCUT2D eigenvalue weighted by molar-refractivity contribution is 0.0506. The minimum atomic E-state index is -3.71. The number of aryl methyl sites for hydroxylation is 1. The molecule has 2 saturated heterocycles. The Bertz CT molecular complexity index is 1110. The van der Waals surface area contributed by atoms with Crippen LogP contribution in [0.3, 0.4) is 0 Å². The molecule has 0 aromatic heterocycles. The zero-order valence-corrected chi connectivity index (χ0v) is 20.6. The molecule has 9 heteroatoms. The molecule has 1 amide bonds. The highest BCUT2D eigenvalue weighted by molar-refractivity contribution is 7.89. The summed E-state index contributed by atoms with van der Waals surface area (Å²) in [7, 11) is -2.10. The quantitative estimate of drug-likeness (QED) is 0.568. The number of nitrogens with zero attached hydrogens (tertiary/aromatic N) is 2. The Labute approximate surface area is 201 Å². The van der Waals surface area contributed by atoms with E-state index < -0.39 is 10.0 Å². The van der Waals surface area contributed by atoms with Crippen LogP contribution in [-0.4, -0.2) is 76.2 Å². The number of benzene rings is 2. The van der Waals surface area contributed by atoms with E-state index in [-0.39, 0.29) is 16.9 Å². The van der Waals surface area contributed by atoms with E-state index in [1.54, 1.807) is 24.1 Å². The molecule has 0 bridgehead atoms. The van der Waals surface area contributed by atoms with E-state index >= 15 is 0 Å². The SMILES string of the molecule is COc1cccc(CN(CC2CCCO2)C(=O)c2cc(S(=O)(=O)N3CCOCC3)ccc2C)c1. The monoisotopic (exact) mass is 488 g/mol. The molecule has 0 radical (unpaired) electrons. The number of morpholine rings is 1. The van der Waals surface area contributed by atoms with Gasteiger partial charge in [0.25, 0.3) is 5.91 Å². The maximum Gasteiger partial charge on any atom is 0.254 e. The Morgan fingerprint density at radius 1 is 1.15 bits per heavy atom. The predicted octanol–water partition coefficient (Wildman–Crippen LogP) is 2.85. The van der Waals surface area contributed by atoms with Gasteiger partial charge in [0.1, 0.15) is 5.75 Å². The Morgan fingerprint density at radius 2 is 1.94 bits per heavy atom.